The summed E-state index contributed by atoms with van der Waals surface area (Å²) in [5.41, 5.74) is 3.71. The maximum absolute atomic E-state index is 12.3. The number of likely N-dealkylation sites (tertiary alicyclic amines) is 1. The lowest BCUT2D eigenvalue weighted by atomic mass is 10.0. The zero-order chi connectivity index (χ0) is 19.1. The average molecular weight is 367 g/mol. The molecule has 1 fully saturated rings. The molecule has 4 heteroatoms. The first-order valence-corrected chi connectivity index (χ1v) is 9.96. The van der Waals surface area contributed by atoms with Crippen LogP contribution in [-0.2, 0) is 11.3 Å². The zero-order valence-corrected chi connectivity index (χ0v) is 16.4. The number of amides is 1. The third-order valence-corrected chi connectivity index (χ3v) is 5.31. The molecule has 3 rings (SSSR count). The highest BCUT2D eigenvalue weighted by atomic mass is 16.5. The number of hydrogen-bond donors (Lipinski definition) is 1. The predicted octanol–water partition coefficient (Wildman–Crippen LogP) is 4.24. The Bertz CT molecular complexity index is 754. The van der Waals surface area contributed by atoms with Gasteiger partial charge in [0, 0.05) is 31.2 Å². The van der Waals surface area contributed by atoms with E-state index in [1.807, 2.05) is 23.1 Å². The number of ether oxygens (including phenoxy) is 1. The van der Waals surface area contributed by atoms with Crippen molar-refractivity contribution in [1.82, 2.24) is 10.2 Å². The molecule has 0 spiro atoms. The third kappa shape index (κ3) is 5.10. The minimum absolute atomic E-state index is 0.0863. The molecule has 1 atom stereocenters. The highest BCUT2D eigenvalue weighted by Gasteiger charge is 2.20. The van der Waals surface area contributed by atoms with E-state index in [1.54, 1.807) is 0 Å². The minimum atomic E-state index is 0.0863. The first kappa shape index (κ1) is 19.4. The second kappa shape index (κ2) is 9.56. The van der Waals surface area contributed by atoms with E-state index in [0.29, 0.717) is 0 Å². The van der Waals surface area contributed by atoms with Crippen LogP contribution in [0.15, 0.2) is 48.5 Å². The topological polar surface area (TPSA) is 41.6 Å². The molecule has 2 aromatic rings. The molecule has 27 heavy (non-hydrogen) atoms. The van der Waals surface area contributed by atoms with Crippen molar-refractivity contribution in [3.05, 3.63) is 65.2 Å². The summed E-state index contributed by atoms with van der Waals surface area (Å²) in [5, 5.41) is 3.65. The van der Waals surface area contributed by atoms with Crippen molar-refractivity contribution in [3.63, 3.8) is 0 Å². The van der Waals surface area contributed by atoms with Gasteiger partial charge < -0.3 is 15.0 Å². The molecule has 1 aliphatic rings. The number of rotatable bonds is 8. The Morgan fingerprint density at radius 3 is 2.56 bits per heavy atom. The fourth-order valence-electron chi connectivity index (χ4n) is 3.61. The normalized spacial score (nSPS) is 15.0. The molecular formula is C23H30N2O2. The molecule has 1 N–H and O–H groups in total. The number of benzene rings is 2. The molecule has 0 saturated carbocycles. The number of nitrogens with zero attached hydrogens (tertiary/aromatic N) is 1. The van der Waals surface area contributed by atoms with Crippen LogP contribution in [0.3, 0.4) is 0 Å². The Hall–Kier alpha value is -2.33. The molecule has 0 aliphatic carbocycles. The smallest absolute Gasteiger partial charge is 0.260 e. The van der Waals surface area contributed by atoms with Gasteiger partial charge in [0.15, 0.2) is 6.61 Å². The molecule has 4 nitrogen and oxygen atoms in total. The summed E-state index contributed by atoms with van der Waals surface area (Å²) in [7, 11) is 0. The van der Waals surface area contributed by atoms with Gasteiger partial charge in [0.25, 0.3) is 5.91 Å². The van der Waals surface area contributed by atoms with Crippen LogP contribution < -0.4 is 10.1 Å². The van der Waals surface area contributed by atoms with Gasteiger partial charge in [0.2, 0.25) is 0 Å². The number of hydrogen-bond acceptors (Lipinski definition) is 3. The number of carbonyl (C=O) groups is 1. The summed E-state index contributed by atoms with van der Waals surface area (Å²) in [5.74, 6) is 0.886. The molecule has 1 unspecified atom stereocenters. The van der Waals surface area contributed by atoms with Crippen molar-refractivity contribution in [3.8, 4) is 5.75 Å². The lowest BCUT2D eigenvalue weighted by molar-refractivity contribution is -0.132. The molecule has 1 amide bonds. The van der Waals surface area contributed by atoms with Crippen LogP contribution in [0, 0.1) is 6.92 Å². The van der Waals surface area contributed by atoms with Crippen molar-refractivity contribution in [2.24, 2.45) is 0 Å². The first-order valence-electron chi connectivity index (χ1n) is 9.96. The van der Waals surface area contributed by atoms with Crippen LogP contribution >= 0.6 is 0 Å². The van der Waals surface area contributed by atoms with Gasteiger partial charge in [-0.25, -0.2) is 0 Å². The van der Waals surface area contributed by atoms with Crippen LogP contribution in [0.5, 0.6) is 5.75 Å². The molecule has 1 aliphatic heterocycles. The number of aryl methyl sites for hydroxylation is 1. The number of carbonyl (C=O) groups excluding carboxylic acids is 1. The molecule has 1 saturated heterocycles. The maximum Gasteiger partial charge on any atom is 0.260 e. The van der Waals surface area contributed by atoms with Crippen molar-refractivity contribution in [2.45, 2.75) is 45.7 Å². The number of nitrogens with one attached hydrogen (secondary N) is 1. The second-order valence-corrected chi connectivity index (χ2v) is 7.18. The zero-order valence-electron chi connectivity index (χ0n) is 16.4. The standard InChI is InChI=1S/C23H30N2O2/c1-3-21(24-16-19-11-5-4-10-18(19)2)20-12-6-7-13-22(20)27-17-23(26)25-14-8-9-15-25/h4-7,10-13,21,24H,3,8-9,14-17H2,1-2H3. The van der Waals surface area contributed by atoms with E-state index in [1.165, 1.54) is 11.1 Å². The van der Waals surface area contributed by atoms with Crippen molar-refractivity contribution < 1.29 is 9.53 Å². The second-order valence-electron chi connectivity index (χ2n) is 7.18. The van der Waals surface area contributed by atoms with E-state index in [4.69, 9.17) is 4.74 Å². The molecule has 0 radical (unpaired) electrons. The molecule has 1 heterocycles. The summed E-state index contributed by atoms with van der Waals surface area (Å²) >= 11 is 0. The maximum atomic E-state index is 12.3. The molecule has 144 valence electrons. The van der Waals surface area contributed by atoms with Gasteiger partial charge in [0.05, 0.1) is 0 Å². The van der Waals surface area contributed by atoms with Crippen LogP contribution in [-0.4, -0.2) is 30.5 Å². The monoisotopic (exact) mass is 366 g/mol. The van der Waals surface area contributed by atoms with Crippen molar-refractivity contribution in [1.29, 1.82) is 0 Å². The summed E-state index contributed by atoms with van der Waals surface area (Å²) in [4.78, 5) is 14.2. The number of para-hydroxylation sites is 1. The van der Waals surface area contributed by atoms with Gasteiger partial charge in [-0.05, 0) is 43.4 Å². The Labute approximate surface area is 162 Å². The van der Waals surface area contributed by atoms with E-state index >= 15 is 0 Å². The van der Waals surface area contributed by atoms with E-state index < -0.39 is 0 Å². The Morgan fingerprint density at radius 1 is 1.11 bits per heavy atom. The lowest BCUT2D eigenvalue weighted by Crippen LogP contribution is -2.32. The van der Waals surface area contributed by atoms with Gasteiger partial charge in [-0.1, -0.05) is 49.4 Å². The molecule has 0 aromatic heterocycles. The van der Waals surface area contributed by atoms with Crippen LogP contribution in [0.2, 0.25) is 0 Å². The van der Waals surface area contributed by atoms with Crippen LogP contribution in [0.4, 0.5) is 0 Å². The van der Waals surface area contributed by atoms with Gasteiger partial charge in [-0.15, -0.1) is 0 Å². The molecular weight excluding hydrogens is 336 g/mol. The van der Waals surface area contributed by atoms with Crippen molar-refractivity contribution >= 4 is 5.91 Å². The SMILES string of the molecule is CCC(NCc1ccccc1C)c1ccccc1OCC(=O)N1CCCC1. The Morgan fingerprint density at radius 2 is 1.81 bits per heavy atom. The summed E-state index contributed by atoms with van der Waals surface area (Å²) in [6.07, 6.45) is 3.15. The van der Waals surface area contributed by atoms with Crippen LogP contribution in [0.1, 0.15) is 48.9 Å². The van der Waals surface area contributed by atoms with Gasteiger partial charge in [0.1, 0.15) is 5.75 Å². The van der Waals surface area contributed by atoms with E-state index in [9.17, 15) is 4.79 Å². The van der Waals surface area contributed by atoms with Gasteiger partial charge in [-0.3, -0.25) is 4.79 Å². The highest BCUT2D eigenvalue weighted by Crippen LogP contribution is 2.28. The molecule has 2 aromatic carbocycles. The Balaban J connectivity index is 1.65. The quantitative estimate of drug-likeness (QED) is 0.760. The predicted molar refractivity (Wildman–Crippen MR) is 109 cm³/mol. The Kier molecular flexibility index (Phi) is 6.88. The largest absolute Gasteiger partial charge is 0.483 e. The van der Waals surface area contributed by atoms with Crippen LogP contribution in [0.25, 0.3) is 0 Å². The minimum Gasteiger partial charge on any atom is -0.483 e. The highest BCUT2D eigenvalue weighted by molar-refractivity contribution is 5.78. The fraction of sp³-hybridized carbons (Fsp3) is 0.435. The third-order valence-electron chi connectivity index (χ3n) is 5.31. The van der Waals surface area contributed by atoms with Gasteiger partial charge >= 0.3 is 0 Å². The fourth-order valence-corrected chi connectivity index (χ4v) is 3.61. The average Bonchev–Trinajstić information content (AvgIpc) is 3.23. The van der Waals surface area contributed by atoms with Crippen molar-refractivity contribution in [2.75, 3.05) is 19.7 Å². The van der Waals surface area contributed by atoms with E-state index in [-0.39, 0.29) is 18.6 Å². The van der Waals surface area contributed by atoms with E-state index in [0.717, 1.165) is 50.2 Å². The first-order chi connectivity index (χ1) is 13.2. The summed E-state index contributed by atoms with van der Waals surface area (Å²) in [6.45, 7) is 6.96. The van der Waals surface area contributed by atoms with Gasteiger partial charge in [-0.2, -0.15) is 0 Å². The summed E-state index contributed by atoms with van der Waals surface area (Å²) < 4.78 is 5.94. The lowest BCUT2D eigenvalue weighted by Gasteiger charge is -2.22. The van der Waals surface area contributed by atoms with E-state index in [2.05, 4.69) is 49.5 Å². The summed E-state index contributed by atoms with van der Waals surface area (Å²) in [6, 6.07) is 16.7. The molecule has 0 bridgehead atoms.